The van der Waals surface area contributed by atoms with E-state index < -0.39 is 15.8 Å². The van der Waals surface area contributed by atoms with Crippen LogP contribution in [0.3, 0.4) is 0 Å². The normalized spacial score (nSPS) is 16.3. The largest absolute Gasteiger partial charge is 0.343 e. The maximum absolute atomic E-state index is 12.8. The lowest BCUT2D eigenvalue weighted by molar-refractivity contribution is -0.130. The topological polar surface area (TPSA) is 66.5 Å². The Kier molecular flexibility index (Phi) is 5.90. The number of likely N-dealkylation sites (tertiary alicyclic amines) is 1. The van der Waals surface area contributed by atoms with Crippen molar-refractivity contribution in [2.75, 3.05) is 19.6 Å². The summed E-state index contributed by atoms with van der Waals surface area (Å²) >= 11 is 0. The van der Waals surface area contributed by atoms with Gasteiger partial charge in [-0.15, -0.1) is 0 Å². The number of nitrogens with zero attached hydrogens (tertiary/aromatic N) is 1. The third kappa shape index (κ3) is 4.78. The number of carbonyl (C=O) groups is 1. The van der Waals surface area contributed by atoms with Gasteiger partial charge >= 0.3 is 0 Å². The van der Waals surface area contributed by atoms with Gasteiger partial charge in [0.15, 0.2) is 0 Å². The molecule has 1 amide bonds. The van der Waals surface area contributed by atoms with Crippen LogP contribution in [-0.2, 0) is 14.8 Å². The standard InChI is InChI=1S/C15H21FN2O3S/c16-13-5-7-14(8-6-13)22(20,21)17-10-9-15(19)18-11-3-1-2-4-12-18/h5-8,17H,1-4,9-12H2. The molecule has 1 saturated heterocycles. The van der Waals surface area contributed by atoms with E-state index in [4.69, 9.17) is 0 Å². The second-order valence-corrected chi connectivity index (χ2v) is 7.16. The molecule has 1 aromatic carbocycles. The van der Waals surface area contributed by atoms with Crippen LogP contribution in [0.2, 0.25) is 0 Å². The molecule has 0 spiro atoms. The summed E-state index contributed by atoms with van der Waals surface area (Å²) in [6, 6.07) is 4.59. The van der Waals surface area contributed by atoms with Gasteiger partial charge in [0, 0.05) is 26.1 Å². The van der Waals surface area contributed by atoms with E-state index in [-0.39, 0.29) is 23.8 Å². The summed E-state index contributed by atoms with van der Waals surface area (Å²) in [5.41, 5.74) is 0. The number of sulfonamides is 1. The number of rotatable bonds is 5. The van der Waals surface area contributed by atoms with E-state index in [2.05, 4.69) is 4.72 Å². The van der Waals surface area contributed by atoms with Gasteiger partial charge in [-0.25, -0.2) is 17.5 Å². The van der Waals surface area contributed by atoms with Crippen LogP contribution in [0.15, 0.2) is 29.2 Å². The van der Waals surface area contributed by atoms with Gasteiger partial charge < -0.3 is 4.90 Å². The first kappa shape index (κ1) is 16.9. The van der Waals surface area contributed by atoms with Gasteiger partial charge in [-0.3, -0.25) is 4.79 Å². The Morgan fingerprint density at radius 2 is 1.68 bits per heavy atom. The molecule has 0 radical (unpaired) electrons. The average molecular weight is 328 g/mol. The minimum atomic E-state index is -3.70. The summed E-state index contributed by atoms with van der Waals surface area (Å²) < 4.78 is 39.2. The summed E-state index contributed by atoms with van der Waals surface area (Å²) in [6.07, 6.45) is 4.43. The Bertz CT molecular complexity index is 594. The van der Waals surface area contributed by atoms with Crippen molar-refractivity contribution < 1.29 is 17.6 Å². The van der Waals surface area contributed by atoms with Crippen LogP contribution in [0.25, 0.3) is 0 Å². The second kappa shape index (κ2) is 7.69. The molecule has 1 aliphatic heterocycles. The first-order valence-electron chi connectivity index (χ1n) is 7.52. The van der Waals surface area contributed by atoms with E-state index >= 15 is 0 Å². The smallest absolute Gasteiger partial charge is 0.240 e. The molecule has 22 heavy (non-hydrogen) atoms. The fourth-order valence-electron chi connectivity index (χ4n) is 2.47. The van der Waals surface area contributed by atoms with Crippen molar-refractivity contribution in [1.29, 1.82) is 0 Å². The highest BCUT2D eigenvalue weighted by atomic mass is 32.2. The molecule has 0 saturated carbocycles. The number of hydrogen-bond acceptors (Lipinski definition) is 3. The van der Waals surface area contributed by atoms with Crippen molar-refractivity contribution >= 4 is 15.9 Å². The molecule has 5 nitrogen and oxygen atoms in total. The molecule has 0 bridgehead atoms. The number of amides is 1. The SMILES string of the molecule is O=C(CCNS(=O)(=O)c1ccc(F)cc1)N1CCCCCC1. The molecule has 122 valence electrons. The van der Waals surface area contributed by atoms with Crippen molar-refractivity contribution in [3.05, 3.63) is 30.1 Å². The second-order valence-electron chi connectivity index (χ2n) is 5.40. The summed E-state index contributed by atoms with van der Waals surface area (Å²) in [4.78, 5) is 13.9. The van der Waals surface area contributed by atoms with E-state index in [1.165, 1.54) is 12.1 Å². The number of hydrogen-bond donors (Lipinski definition) is 1. The zero-order valence-corrected chi connectivity index (χ0v) is 13.2. The lowest BCUT2D eigenvalue weighted by Gasteiger charge is -2.20. The van der Waals surface area contributed by atoms with E-state index in [9.17, 15) is 17.6 Å². The first-order valence-corrected chi connectivity index (χ1v) is 9.00. The molecular weight excluding hydrogens is 307 g/mol. The average Bonchev–Trinajstić information content (AvgIpc) is 2.76. The highest BCUT2D eigenvalue weighted by molar-refractivity contribution is 7.89. The van der Waals surface area contributed by atoms with Gasteiger partial charge in [-0.2, -0.15) is 0 Å². The molecule has 0 aromatic heterocycles. The van der Waals surface area contributed by atoms with Gasteiger partial charge in [0.1, 0.15) is 5.82 Å². The van der Waals surface area contributed by atoms with Crippen LogP contribution in [0.4, 0.5) is 4.39 Å². The molecule has 1 fully saturated rings. The van der Waals surface area contributed by atoms with Gasteiger partial charge in [-0.05, 0) is 37.1 Å². The third-order valence-corrected chi connectivity index (χ3v) is 5.19. The molecule has 1 N–H and O–H groups in total. The van der Waals surface area contributed by atoms with Crippen molar-refractivity contribution in [2.45, 2.75) is 37.0 Å². The molecule has 0 unspecified atom stereocenters. The van der Waals surface area contributed by atoms with Crippen molar-refractivity contribution in [3.63, 3.8) is 0 Å². The van der Waals surface area contributed by atoms with Crippen LogP contribution in [0, 0.1) is 5.82 Å². The predicted octanol–water partition coefficient (Wildman–Crippen LogP) is 1.90. The van der Waals surface area contributed by atoms with Crippen LogP contribution in [-0.4, -0.2) is 38.9 Å². The zero-order chi connectivity index (χ0) is 16.0. The van der Waals surface area contributed by atoms with Gasteiger partial charge in [0.05, 0.1) is 4.90 Å². The van der Waals surface area contributed by atoms with E-state index in [0.717, 1.165) is 50.9 Å². The van der Waals surface area contributed by atoms with E-state index in [0.29, 0.717) is 0 Å². The van der Waals surface area contributed by atoms with Crippen molar-refractivity contribution in [1.82, 2.24) is 9.62 Å². The van der Waals surface area contributed by atoms with Crippen LogP contribution in [0.5, 0.6) is 0 Å². The summed E-state index contributed by atoms with van der Waals surface area (Å²) in [5.74, 6) is -0.515. The lowest BCUT2D eigenvalue weighted by Crippen LogP contribution is -2.35. The number of nitrogens with one attached hydrogen (secondary N) is 1. The highest BCUT2D eigenvalue weighted by Gasteiger charge is 2.17. The Morgan fingerprint density at radius 3 is 2.27 bits per heavy atom. The first-order chi connectivity index (χ1) is 10.5. The number of halogens is 1. The molecule has 7 heteroatoms. The fraction of sp³-hybridized carbons (Fsp3) is 0.533. The Labute approximate surface area is 130 Å². The molecule has 1 heterocycles. The Morgan fingerprint density at radius 1 is 1.09 bits per heavy atom. The molecule has 2 rings (SSSR count). The fourth-order valence-corrected chi connectivity index (χ4v) is 3.50. The van der Waals surface area contributed by atoms with E-state index in [1.807, 2.05) is 0 Å². The molecule has 0 aliphatic carbocycles. The van der Waals surface area contributed by atoms with Gasteiger partial charge in [-0.1, -0.05) is 12.8 Å². The van der Waals surface area contributed by atoms with Crippen LogP contribution >= 0.6 is 0 Å². The zero-order valence-electron chi connectivity index (χ0n) is 12.4. The highest BCUT2D eigenvalue weighted by Crippen LogP contribution is 2.11. The number of carbonyl (C=O) groups excluding carboxylic acids is 1. The summed E-state index contributed by atoms with van der Waals surface area (Å²) in [6.45, 7) is 1.56. The third-order valence-electron chi connectivity index (χ3n) is 3.71. The summed E-state index contributed by atoms with van der Waals surface area (Å²) in [7, 11) is -3.70. The van der Waals surface area contributed by atoms with E-state index in [1.54, 1.807) is 4.90 Å². The monoisotopic (exact) mass is 328 g/mol. The van der Waals surface area contributed by atoms with Gasteiger partial charge in [0.2, 0.25) is 15.9 Å². The predicted molar refractivity (Wildman–Crippen MR) is 81.3 cm³/mol. The maximum atomic E-state index is 12.8. The molecule has 0 atom stereocenters. The Balaban J connectivity index is 1.84. The van der Waals surface area contributed by atoms with Gasteiger partial charge in [0.25, 0.3) is 0 Å². The lowest BCUT2D eigenvalue weighted by atomic mass is 10.2. The maximum Gasteiger partial charge on any atom is 0.240 e. The molecule has 1 aliphatic rings. The Hall–Kier alpha value is -1.47. The molecular formula is C15H21FN2O3S. The summed E-state index contributed by atoms with van der Waals surface area (Å²) in [5, 5.41) is 0. The minimum Gasteiger partial charge on any atom is -0.343 e. The number of benzene rings is 1. The molecule has 1 aromatic rings. The van der Waals surface area contributed by atoms with Crippen LogP contribution < -0.4 is 4.72 Å². The van der Waals surface area contributed by atoms with Crippen molar-refractivity contribution in [3.8, 4) is 0 Å². The minimum absolute atomic E-state index is 0.00359. The van der Waals surface area contributed by atoms with Crippen LogP contribution in [0.1, 0.15) is 32.1 Å². The van der Waals surface area contributed by atoms with Crippen molar-refractivity contribution in [2.24, 2.45) is 0 Å². The quantitative estimate of drug-likeness (QED) is 0.898.